The average Bonchev–Trinajstić information content (AvgIpc) is 1.73. The van der Waals surface area contributed by atoms with Gasteiger partial charge in [0.1, 0.15) is 78.3 Å². The Morgan fingerprint density at radius 3 is 1.44 bits per heavy atom. The summed E-state index contributed by atoms with van der Waals surface area (Å²) in [6.45, 7) is 12.5. The van der Waals surface area contributed by atoms with Crippen molar-refractivity contribution in [3.63, 3.8) is 0 Å². The first-order valence-corrected chi connectivity index (χ1v) is 41.0. The lowest BCUT2D eigenvalue weighted by molar-refractivity contribution is -0.143. The third-order valence-electron chi connectivity index (χ3n) is 20.8. The summed E-state index contributed by atoms with van der Waals surface area (Å²) >= 11 is 8.84. The SMILES string of the molecule is CCCC[C@H](NC(=O)[C@@H]1CCCN1C(=O)[C@H](CS)NC(=O)[C@H](NC(=O)[C@@H]1CCCN1C(=O)[C@H](CS)NC(=O)[C@H](CC(C)C)NC(=O)[C@H](CCC(N)=O)NC(=O)[C@H](CC(C)C)NC(=O)[C@H](Cc1c[nH]c2ccccc12)NC(=O)[C@H](Cc1cnc[nH]1)NC(=O)[C@@H](N)Cc1c[nH]c2ccccc12)C(C)C)C(=O)N[C@@H](Cc1ccc(O)cc1)C(=O)O. The lowest BCUT2D eigenvalue weighted by Gasteiger charge is -2.32. The van der Waals surface area contributed by atoms with Gasteiger partial charge in [0, 0.05) is 96.4 Å². The zero-order valence-electron chi connectivity index (χ0n) is 66.9. The van der Waals surface area contributed by atoms with Gasteiger partial charge in [0.2, 0.25) is 76.8 Å². The van der Waals surface area contributed by atoms with Gasteiger partial charge in [-0.25, -0.2) is 9.78 Å². The Labute approximate surface area is 689 Å². The van der Waals surface area contributed by atoms with Crippen LogP contribution in [0.2, 0.25) is 0 Å². The maximum absolute atomic E-state index is 15.0. The van der Waals surface area contributed by atoms with Gasteiger partial charge in [0.15, 0.2) is 0 Å². The van der Waals surface area contributed by atoms with Crippen molar-refractivity contribution in [3.8, 4) is 5.75 Å². The number of likely N-dealkylation sites (tertiary alicyclic amines) is 2. The number of carboxylic acids is 1. The fourth-order valence-corrected chi connectivity index (χ4v) is 15.0. The lowest BCUT2D eigenvalue weighted by Crippen LogP contribution is -2.61. The molecular weight excluding hydrogens is 1550 g/mol. The largest absolute Gasteiger partial charge is 0.508 e. The molecule has 634 valence electrons. The number of imidazole rings is 1. The Morgan fingerprint density at radius 1 is 0.513 bits per heavy atom. The molecule has 0 saturated carbocycles. The minimum absolute atomic E-state index is 0.0167. The molecule has 6 aromatic rings. The highest BCUT2D eigenvalue weighted by Crippen LogP contribution is 2.26. The van der Waals surface area contributed by atoms with Crippen LogP contribution >= 0.6 is 25.3 Å². The van der Waals surface area contributed by atoms with E-state index in [9.17, 15) is 72.5 Å². The molecule has 5 heterocycles. The summed E-state index contributed by atoms with van der Waals surface area (Å²) in [4.78, 5) is 214. The molecule has 8 rings (SSSR count). The molecule has 13 amide bonds. The Balaban J connectivity index is 0.911. The molecule has 0 unspecified atom stereocenters. The molecule has 2 aliphatic rings. The number of aromatic nitrogens is 4. The number of carbonyl (C=O) groups is 14. The van der Waals surface area contributed by atoms with Crippen molar-refractivity contribution in [3.05, 3.63) is 120 Å². The van der Waals surface area contributed by atoms with E-state index in [2.05, 4.69) is 98.4 Å². The fraction of sp³-hybridized carbons (Fsp3) is 0.519. The number of aliphatic carboxylic acids is 1. The highest BCUT2D eigenvalue weighted by molar-refractivity contribution is 7.80. The van der Waals surface area contributed by atoms with Gasteiger partial charge < -0.3 is 99.6 Å². The molecule has 3 aromatic carbocycles. The fourth-order valence-electron chi connectivity index (χ4n) is 14.5. The number of phenols is 1. The van der Waals surface area contributed by atoms with Crippen LogP contribution in [0.5, 0.6) is 5.75 Å². The number of unbranched alkanes of at least 4 members (excludes halogenated alkanes) is 1. The minimum Gasteiger partial charge on any atom is -0.508 e. The Kier molecular flexibility index (Phi) is 34.3. The van der Waals surface area contributed by atoms with E-state index in [1.165, 1.54) is 46.6 Å². The summed E-state index contributed by atoms with van der Waals surface area (Å²) in [6, 6.07) is 3.61. The molecule has 117 heavy (non-hydrogen) atoms. The summed E-state index contributed by atoms with van der Waals surface area (Å²) in [5, 5.41) is 48.5. The number of para-hydroxylation sites is 2. The van der Waals surface area contributed by atoms with E-state index < -0.39 is 174 Å². The van der Waals surface area contributed by atoms with E-state index >= 15 is 4.79 Å². The number of benzene rings is 3. The van der Waals surface area contributed by atoms with Crippen molar-refractivity contribution < 1.29 is 77.3 Å². The minimum atomic E-state index is -1.57. The van der Waals surface area contributed by atoms with Crippen LogP contribution in [0.1, 0.15) is 141 Å². The van der Waals surface area contributed by atoms with Crippen LogP contribution in [0.4, 0.5) is 0 Å². The van der Waals surface area contributed by atoms with Crippen LogP contribution in [0.25, 0.3) is 21.8 Å². The first-order valence-electron chi connectivity index (χ1n) is 39.8. The Bertz CT molecular complexity index is 4460. The highest BCUT2D eigenvalue weighted by atomic mass is 32.1. The molecule has 19 N–H and O–H groups in total. The van der Waals surface area contributed by atoms with Crippen molar-refractivity contribution >= 4 is 130 Å². The third-order valence-corrected chi connectivity index (χ3v) is 21.5. The molecule has 3 aromatic heterocycles. The summed E-state index contributed by atoms with van der Waals surface area (Å²) in [5.74, 6) is -13.1. The number of aromatic amines is 3. The molecule has 34 nitrogen and oxygen atoms in total. The summed E-state index contributed by atoms with van der Waals surface area (Å²) in [7, 11) is 0. The van der Waals surface area contributed by atoms with Gasteiger partial charge in [-0.05, 0) is 116 Å². The first-order chi connectivity index (χ1) is 55.8. The average molecular weight is 1660 g/mol. The number of H-pyrrole nitrogens is 3. The number of aromatic hydroxyl groups is 1. The van der Waals surface area contributed by atoms with Crippen molar-refractivity contribution in [2.45, 2.75) is 223 Å². The number of thiol groups is 2. The number of nitrogens with one attached hydrogen (secondary N) is 13. The molecule has 2 saturated heterocycles. The van der Waals surface area contributed by atoms with Gasteiger partial charge in [-0.15, -0.1) is 0 Å². The molecule has 0 spiro atoms. The van der Waals surface area contributed by atoms with Crippen molar-refractivity contribution in [1.29, 1.82) is 0 Å². The Morgan fingerprint density at radius 2 is 0.957 bits per heavy atom. The molecule has 0 bridgehead atoms. The number of rotatable bonds is 44. The Hall–Kier alpha value is -11.0. The first kappa shape index (κ1) is 91.5. The second-order valence-electron chi connectivity index (χ2n) is 31.2. The van der Waals surface area contributed by atoms with Gasteiger partial charge >= 0.3 is 5.97 Å². The predicted octanol–water partition coefficient (Wildman–Crippen LogP) is 1.65. The predicted molar refractivity (Wildman–Crippen MR) is 442 cm³/mol. The number of hydrogen-bond donors (Lipinski definition) is 19. The molecule has 2 fully saturated rings. The molecule has 2 aliphatic heterocycles. The quantitative estimate of drug-likeness (QED) is 0.0242. The van der Waals surface area contributed by atoms with Crippen molar-refractivity contribution in [2.24, 2.45) is 29.2 Å². The smallest absolute Gasteiger partial charge is 0.326 e. The van der Waals surface area contributed by atoms with Crippen molar-refractivity contribution in [1.82, 2.24) is 82.9 Å². The number of nitrogens with two attached hydrogens (primary N) is 2. The van der Waals surface area contributed by atoms with Crippen LogP contribution in [-0.2, 0) is 92.8 Å². The van der Waals surface area contributed by atoms with E-state index in [4.69, 9.17) is 11.5 Å². The summed E-state index contributed by atoms with van der Waals surface area (Å²) < 4.78 is 0. The number of hydrogen-bond acceptors (Lipinski definition) is 19. The number of primary amides is 1. The number of carboxylic acid groups (broad SMARTS) is 1. The summed E-state index contributed by atoms with van der Waals surface area (Å²) in [6.07, 6.45) is 7.59. The van der Waals surface area contributed by atoms with Crippen LogP contribution < -0.4 is 64.6 Å². The van der Waals surface area contributed by atoms with E-state index in [1.54, 1.807) is 60.0 Å². The zero-order chi connectivity index (χ0) is 85.3. The van der Waals surface area contributed by atoms with Crippen LogP contribution in [0, 0.1) is 17.8 Å². The second kappa shape index (κ2) is 43.8. The molecule has 13 atom stereocenters. The number of fused-ring (bicyclic) bond motifs is 2. The molecular formula is C81H112N18O16S2. The van der Waals surface area contributed by atoms with Gasteiger partial charge in [0.25, 0.3) is 0 Å². The maximum atomic E-state index is 15.0. The third kappa shape index (κ3) is 26.0. The monoisotopic (exact) mass is 1660 g/mol. The number of carbonyl (C=O) groups excluding carboxylic acids is 13. The zero-order valence-corrected chi connectivity index (χ0v) is 68.7. The highest BCUT2D eigenvalue weighted by Gasteiger charge is 2.44. The number of nitrogens with zero attached hydrogens (tertiary/aromatic N) is 3. The van der Waals surface area contributed by atoms with E-state index in [0.717, 1.165) is 27.4 Å². The normalized spacial score (nSPS) is 16.9. The molecule has 0 radical (unpaired) electrons. The molecule has 0 aliphatic carbocycles. The molecule has 36 heteroatoms. The second-order valence-corrected chi connectivity index (χ2v) is 31.9. The van der Waals surface area contributed by atoms with E-state index in [1.807, 2.05) is 49.4 Å². The van der Waals surface area contributed by atoms with Gasteiger partial charge in [-0.2, -0.15) is 25.3 Å². The summed E-state index contributed by atoms with van der Waals surface area (Å²) in [5.41, 5.74) is 16.1. The maximum Gasteiger partial charge on any atom is 0.326 e. The van der Waals surface area contributed by atoms with E-state index in [0.29, 0.717) is 42.5 Å². The van der Waals surface area contributed by atoms with Gasteiger partial charge in [-0.3, -0.25) is 62.3 Å². The van der Waals surface area contributed by atoms with Crippen LogP contribution in [0.15, 0.2) is 97.7 Å². The van der Waals surface area contributed by atoms with Crippen LogP contribution in [-0.4, -0.2) is 226 Å². The number of amides is 13. The van der Waals surface area contributed by atoms with Crippen molar-refractivity contribution in [2.75, 3.05) is 24.6 Å². The van der Waals surface area contributed by atoms with Crippen LogP contribution in [0.3, 0.4) is 0 Å². The van der Waals surface area contributed by atoms with Gasteiger partial charge in [0.05, 0.1) is 12.4 Å². The standard InChI is InChI=1S/C81H112N18O16S2/c1-8-9-18-56(70(103)94-62(81(114)115)33-46-23-25-50(100)26-24-46)89-76(109)65-21-14-29-98(65)80(113)64(41-117)96-78(111)68(45(6)7)97-77(110)66-22-15-30-99(66)79(112)63(40-116)95-73(106)59(32-44(4)5)91-71(104)57(27-28-67(83)101)88-72(105)58(31-43(2)3)92-74(107)60(35-48-38-86-55-20-13-11-17-52(48)55)93-75(108)61(36-49-39-84-42-87-49)90-69(102)53(82)34-47-37-85-54-19-12-10-16-51(47)54/h10-13,16-17,19-20,23-26,37-39,42-45,53,56-66,68,85-86,100,116-117H,8-9,14-15,18,21-22,27-36,40-41,82H2,1-7H3,(H2,83,101)(H,84,87)(H,88,105)(H,89,109)(H,90,102)(H,91,104)(H,92,107)(H,93,108)(H,94,103)(H,95,106)(H,96,111)(H,97,110)(H,114,115)/t53-,56-,57-,58-,59-,60-,61-,62-,63-,64-,65-,66-,68+/m0/s1. The van der Waals surface area contributed by atoms with Gasteiger partial charge in [-0.1, -0.05) is 110 Å². The van der Waals surface area contributed by atoms with E-state index in [-0.39, 0.29) is 106 Å². The lowest BCUT2D eigenvalue weighted by atomic mass is 9.99. The number of phenolic OH excluding ortho intramolecular Hbond substituents is 1. The topological polar surface area (TPSA) is 519 Å².